The first-order valence-electron chi connectivity index (χ1n) is 11.2. The van der Waals surface area contributed by atoms with E-state index in [0.717, 1.165) is 18.8 Å². The fraction of sp³-hybridized carbons (Fsp3) is 0.538. The molecule has 0 N–H and O–H groups in total. The van der Waals surface area contributed by atoms with Gasteiger partial charge in [-0.1, -0.05) is 82.3 Å². The van der Waals surface area contributed by atoms with Crippen LogP contribution in [0.5, 0.6) is 5.75 Å². The SMILES string of the molecule is CCCCCCc1ccc(-c2ccc(OCC(C)OCCCCC)cc2)cc1. The van der Waals surface area contributed by atoms with Crippen LogP contribution in [0.2, 0.25) is 0 Å². The predicted molar refractivity (Wildman–Crippen MR) is 120 cm³/mol. The second-order valence-electron chi connectivity index (χ2n) is 7.73. The third-order valence-corrected chi connectivity index (χ3v) is 5.10. The molecular formula is C26H38O2. The number of hydrogen-bond donors (Lipinski definition) is 0. The fourth-order valence-corrected chi connectivity index (χ4v) is 3.26. The zero-order valence-corrected chi connectivity index (χ0v) is 18.1. The minimum atomic E-state index is 0.126. The van der Waals surface area contributed by atoms with Crippen LogP contribution in [0.25, 0.3) is 11.1 Å². The van der Waals surface area contributed by atoms with Gasteiger partial charge in [0, 0.05) is 6.61 Å². The van der Waals surface area contributed by atoms with E-state index >= 15 is 0 Å². The summed E-state index contributed by atoms with van der Waals surface area (Å²) in [6.45, 7) is 7.96. The van der Waals surface area contributed by atoms with Crippen LogP contribution in [0.15, 0.2) is 48.5 Å². The van der Waals surface area contributed by atoms with E-state index < -0.39 is 0 Å². The molecule has 0 radical (unpaired) electrons. The lowest BCUT2D eigenvalue weighted by atomic mass is 10.0. The van der Waals surface area contributed by atoms with Crippen LogP contribution in [0.1, 0.15) is 71.3 Å². The van der Waals surface area contributed by atoms with Gasteiger partial charge in [0.25, 0.3) is 0 Å². The highest BCUT2D eigenvalue weighted by atomic mass is 16.5. The van der Waals surface area contributed by atoms with Gasteiger partial charge in [-0.05, 0) is 55.0 Å². The summed E-state index contributed by atoms with van der Waals surface area (Å²) in [5.41, 5.74) is 3.93. The number of unbranched alkanes of at least 4 members (excludes halogenated alkanes) is 5. The molecule has 0 saturated heterocycles. The molecule has 2 aromatic carbocycles. The van der Waals surface area contributed by atoms with Crippen LogP contribution in [-0.4, -0.2) is 19.3 Å². The molecule has 2 aromatic rings. The van der Waals surface area contributed by atoms with E-state index in [1.54, 1.807) is 0 Å². The van der Waals surface area contributed by atoms with E-state index in [0.29, 0.717) is 6.61 Å². The molecule has 0 aliphatic heterocycles. The molecule has 2 nitrogen and oxygen atoms in total. The van der Waals surface area contributed by atoms with Gasteiger partial charge < -0.3 is 9.47 Å². The Morgan fingerprint density at radius 2 is 1.32 bits per heavy atom. The van der Waals surface area contributed by atoms with Crippen molar-refractivity contribution in [3.05, 3.63) is 54.1 Å². The van der Waals surface area contributed by atoms with Gasteiger partial charge in [0.15, 0.2) is 0 Å². The van der Waals surface area contributed by atoms with Crippen molar-refractivity contribution in [1.82, 2.24) is 0 Å². The van der Waals surface area contributed by atoms with Crippen LogP contribution >= 0.6 is 0 Å². The van der Waals surface area contributed by atoms with Crippen molar-refractivity contribution in [3.63, 3.8) is 0 Å². The number of rotatable bonds is 14. The number of aryl methyl sites for hydroxylation is 1. The summed E-state index contributed by atoms with van der Waals surface area (Å²) in [5.74, 6) is 0.903. The molecule has 0 aromatic heterocycles. The standard InChI is InChI=1S/C26H38O2/c1-4-6-8-9-11-23-12-14-24(15-13-23)25-16-18-26(19-17-25)28-21-22(3)27-20-10-7-5-2/h12-19,22H,4-11,20-21H2,1-3H3. The van der Waals surface area contributed by atoms with Crippen molar-refractivity contribution in [2.24, 2.45) is 0 Å². The van der Waals surface area contributed by atoms with Crippen LogP contribution < -0.4 is 4.74 Å². The minimum absolute atomic E-state index is 0.126. The highest BCUT2D eigenvalue weighted by molar-refractivity contribution is 5.64. The monoisotopic (exact) mass is 382 g/mol. The Morgan fingerprint density at radius 3 is 1.96 bits per heavy atom. The van der Waals surface area contributed by atoms with Crippen molar-refractivity contribution < 1.29 is 9.47 Å². The second-order valence-corrected chi connectivity index (χ2v) is 7.73. The molecule has 154 valence electrons. The summed E-state index contributed by atoms with van der Waals surface area (Å²) >= 11 is 0. The van der Waals surface area contributed by atoms with Gasteiger partial charge in [0.1, 0.15) is 12.4 Å². The lowest BCUT2D eigenvalue weighted by Crippen LogP contribution is -2.18. The third-order valence-electron chi connectivity index (χ3n) is 5.10. The molecule has 0 spiro atoms. The van der Waals surface area contributed by atoms with Crippen LogP contribution in [0.4, 0.5) is 0 Å². The Hall–Kier alpha value is -1.80. The lowest BCUT2D eigenvalue weighted by Gasteiger charge is -2.14. The first kappa shape index (κ1) is 22.5. The van der Waals surface area contributed by atoms with Gasteiger partial charge in [-0.3, -0.25) is 0 Å². The Bertz CT molecular complexity index is 630. The summed E-state index contributed by atoms with van der Waals surface area (Å²) in [5, 5.41) is 0. The molecule has 2 heteroatoms. The largest absolute Gasteiger partial charge is 0.491 e. The van der Waals surface area contributed by atoms with Crippen LogP contribution in [0, 0.1) is 0 Å². The Kier molecular flexibility index (Phi) is 10.8. The Labute approximate surface area is 172 Å². The van der Waals surface area contributed by atoms with Gasteiger partial charge >= 0.3 is 0 Å². The molecule has 0 bridgehead atoms. The van der Waals surface area contributed by atoms with Gasteiger partial charge in [0.2, 0.25) is 0 Å². The van der Waals surface area contributed by atoms with Crippen molar-refractivity contribution >= 4 is 0 Å². The number of ether oxygens (including phenoxy) is 2. The fourth-order valence-electron chi connectivity index (χ4n) is 3.26. The van der Waals surface area contributed by atoms with Crippen molar-refractivity contribution in [2.75, 3.05) is 13.2 Å². The quantitative estimate of drug-likeness (QED) is 0.316. The Balaban J connectivity index is 1.77. The molecule has 0 aliphatic carbocycles. The highest BCUT2D eigenvalue weighted by Crippen LogP contribution is 2.23. The zero-order valence-electron chi connectivity index (χ0n) is 18.1. The normalized spacial score (nSPS) is 12.1. The average molecular weight is 383 g/mol. The molecular weight excluding hydrogens is 344 g/mol. The Morgan fingerprint density at radius 1 is 0.714 bits per heavy atom. The van der Waals surface area contributed by atoms with Crippen LogP contribution in [0.3, 0.4) is 0 Å². The van der Waals surface area contributed by atoms with E-state index in [9.17, 15) is 0 Å². The van der Waals surface area contributed by atoms with E-state index in [-0.39, 0.29) is 6.10 Å². The van der Waals surface area contributed by atoms with Gasteiger partial charge in [-0.2, -0.15) is 0 Å². The molecule has 0 aliphatic rings. The first-order valence-corrected chi connectivity index (χ1v) is 11.2. The predicted octanol–water partition coefficient (Wildman–Crippen LogP) is 7.45. The summed E-state index contributed by atoms with van der Waals surface area (Å²) in [7, 11) is 0. The molecule has 0 heterocycles. The van der Waals surface area contributed by atoms with E-state index in [1.165, 1.54) is 61.6 Å². The molecule has 1 unspecified atom stereocenters. The molecule has 0 amide bonds. The maximum atomic E-state index is 5.87. The van der Waals surface area contributed by atoms with Crippen molar-refractivity contribution in [1.29, 1.82) is 0 Å². The van der Waals surface area contributed by atoms with Crippen LogP contribution in [-0.2, 0) is 11.2 Å². The van der Waals surface area contributed by atoms with E-state index in [2.05, 4.69) is 69.3 Å². The highest BCUT2D eigenvalue weighted by Gasteiger charge is 2.04. The lowest BCUT2D eigenvalue weighted by molar-refractivity contribution is 0.0304. The van der Waals surface area contributed by atoms with Gasteiger partial charge in [-0.25, -0.2) is 0 Å². The summed E-state index contributed by atoms with van der Waals surface area (Å²) in [6, 6.07) is 17.4. The molecule has 1 atom stereocenters. The zero-order chi connectivity index (χ0) is 20.0. The topological polar surface area (TPSA) is 18.5 Å². The van der Waals surface area contributed by atoms with Gasteiger partial charge in [0.05, 0.1) is 6.10 Å². The average Bonchev–Trinajstić information content (AvgIpc) is 2.74. The molecule has 0 saturated carbocycles. The number of hydrogen-bond acceptors (Lipinski definition) is 2. The first-order chi connectivity index (χ1) is 13.7. The summed E-state index contributed by atoms with van der Waals surface area (Å²) < 4.78 is 11.7. The van der Waals surface area contributed by atoms with Gasteiger partial charge in [-0.15, -0.1) is 0 Å². The molecule has 28 heavy (non-hydrogen) atoms. The minimum Gasteiger partial charge on any atom is -0.491 e. The summed E-state index contributed by atoms with van der Waals surface area (Å²) in [4.78, 5) is 0. The maximum Gasteiger partial charge on any atom is 0.119 e. The molecule has 0 fully saturated rings. The maximum absolute atomic E-state index is 5.87. The number of benzene rings is 2. The second kappa shape index (κ2) is 13.4. The summed E-state index contributed by atoms with van der Waals surface area (Å²) in [6.07, 6.45) is 10.2. The van der Waals surface area contributed by atoms with E-state index in [4.69, 9.17) is 9.47 Å². The smallest absolute Gasteiger partial charge is 0.119 e. The third kappa shape index (κ3) is 8.48. The molecule has 2 rings (SSSR count). The van der Waals surface area contributed by atoms with Crippen molar-refractivity contribution in [3.8, 4) is 16.9 Å². The van der Waals surface area contributed by atoms with E-state index in [1.807, 2.05) is 0 Å². The van der Waals surface area contributed by atoms with Crippen molar-refractivity contribution in [2.45, 2.75) is 78.2 Å².